The molecule has 76 valence electrons. The number of aliphatic hydroxyl groups is 1. The molecule has 0 radical (unpaired) electrons. The van der Waals surface area contributed by atoms with E-state index in [2.05, 4.69) is 0 Å². The fourth-order valence-electron chi connectivity index (χ4n) is 1.44. The van der Waals surface area contributed by atoms with Crippen molar-refractivity contribution in [2.24, 2.45) is 5.92 Å². The molecule has 0 aromatic heterocycles. The third-order valence-electron chi connectivity index (χ3n) is 2.56. The normalized spacial score (nSPS) is 20.1. The van der Waals surface area contributed by atoms with E-state index in [4.69, 9.17) is 4.74 Å². The molecule has 0 heterocycles. The van der Waals surface area contributed by atoms with E-state index in [0.29, 0.717) is 0 Å². The zero-order chi connectivity index (χ0) is 9.68. The molecule has 1 rings (SSSR count). The van der Waals surface area contributed by atoms with Crippen LogP contribution < -0.4 is 0 Å². The molecule has 0 bridgehead atoms. The maximum atomic E-state index is 9.60. The third-order valence-corrected chi connectivity index (χ3v) is 2.56. The summed E-state index contributed by atoms with van der Waals surface area (Å²) in [6.07, 6.45) is 7.16. The van der Waals surface area contributed by atoms with Crippen LogP contribution in [0.1, 0.15) is 39.0 Å². The Morgan fingerprint density at radius 3 is 2.77 bits per heavy atom. The summed E-state index contributed by atoms with van der Waals surface area (Å²) in [5, 5.41) is 9.60. The number of hydrogen-bond acceptors (Lipinski definition) is 2. The van der Waals surface area contributed by atoms with E-state index in [0.717, 1.165) is 24.5 Å². The molecule has 1 N–H and O–H groups in total. The van der Waals surface area contributed by atoms with Crippen LogP contribution in [0.4, 0.5) is 0 Å². The van der Waals surface area contributed by atoms with Crippen molar-refractivity contribution < 1.29 is 9.84 Å². The van der Waals surface area contributed by atoms with E-state index in [1.54, 1.807) is 7.11 Å². The van der Waals surface area contributed by atoms with Crippen LogP contribution in [0.15, 0.2) is 11.8 Å². The Bertz CT molecular complexity index is 165. The highest BCUT2D eigenvalue weighted by Crippen LogP contribution is 2.34. The number of allylic oxidation sites excluding steroid dienone is 1. The molecule has 1 saturated carbocycles. The molecular weight excluding hydrogens is 164 g/mol. The highest BCUT2D eigenvalue weighted by atomic mass is 16.5. The van der Waals surface area contributed by atoms with Crippen LogP contribution in [0.3, 0.4) is 0 Å². The van der Waals surface area contributed by atoms with Gasteiger partial charge in [-0.2, -0.15) is 0 Å². The molecule has 1 unspecified atom stereocenters. The minimum Gasteiger partial charge on any atom is -0.501 e. The molecule has 0 spiro atoms. The van der Waals surface area contributed by atoms with E-state index < -0.39 is 0 Å². The highest BCUT2D eigenvalue weighted by molar-refractivity contribution is 4.96. The summed E-state index contributed by atoms with van der Waals surface area (Å²) >= 11 is 0. The number of ether oxygens (including phenoxy) is 1. The predicted molar refractivity (Wildman–Crippen MR) is 53.3 cm³/mol. The first kappa shape index (κ1) is 10.6. The van der Waals surface area contributed by atoms with Crippen molar-refractivity contribution in [1.29, 1.82) is 0 Å². The Hall–Kier alpha value is -0.500. The van der Waals surface area contributed by atoms with Crippen LogP contribution in [0.2, 0.25) is 0 Å². The second kappa shape index (κ2) is 5.28. The molecule has 0 aliphatic heterocycles. The largest absolute Gasteiger partial charge is 0.501 e. The molecule has 0 amide bonds. The molecule has 1 atom stereocenters. The second-order valence-corrected chi connectivity index (χ2v) is 3.78. The number of hydrogen-bond donors (Lipinski definition) is 1. The standard InChI is InChI=1S/C11H20O2/c1-3-11(13-2)8-10(12)7-6-9-4-5-9/h8-10,12H,3-7H2,1-2H3. The molecule has 13 heavy (non-hydrogen) atoms. The lowest BCUT2D eigenvalue weighted by atomic mass is 10.1. The monoisotopic (exact) mass is 184 g/mol. The van der Waals surface area contributed by atoms with Gasteiger partial charge in [0.25, 0.3) is 0 Å². The molecule has 2 nitrogen and oxygen atoms in total. The average molecular weight is 184 g/mol. The maximum Gasteiger partial charge on any atom is 0.0938 e. The average Bonchev–Trinajstić information content (AvgIpc) is 2.94. The fraction of sp³-hybridized carbons (Fsp3) is 0.818. The minimum absolute atomic E-state index is 0.310. The molecule has 1 aliphatic rings. The van der Waals surface area contributed by atoms with Gasteiger partial charge < -0.3 is 9.84 Å². The van der Waals surface area contributed by atoms with Crippen molar-refractivity contribution in [3.05, 3.63) is 11.8 Å². The maximum absolute atomic E-state index is 9.60. The summed E-state index contributed by atoms with van der Waals surface area (Å²) in [5.74, 6) is 1.79. The van der Waals surface area contributed by atoms with Gasteiger partial charge in [0, 0.05) is 6.42 Å². The summed E-state index contributed by atoms with van der Waals surface area (Å²) in [7, 11) is 1.66. The molecular formula is C11H20O2. The van der Waals surface area contributed by atoms with Gasteiger partial charge in [-0.1, -0.05) is 19.8 Å². The smallest absolute Gasteiger partial charge is 0.0938 e. The van der Waals surface area contributed by atoms with E-state index in [1.807, 2.05) is 13.0 Å². The lowest BCUT2D eigenvalue weighted by Gasteiger charge is -2.08. The minimum atomic E-state index is -0.310. The van der Waals surface area contributed by atoms with Gasteiger partial charge in [-0.15, -0.1) is 0 Å². The summed E-state index contributed by atoms with van der Waals surface area (Å²) in [6.45, 7) is 2.03. The second-order valence-electron chi connectivity index (χ2n) is 3.78. The first-order valence-electron chi connectivity index (χ1n) is 5.19. The van der Waals surface area contributed by atoms with Crippen LogP contribution in [0.25, 0.3) is 0 Å². The Kier molecular flexibility index (Phi) is 4.29. The highest BCUT2D eigenvalue weighted by Gasteiger charge is 2.21. The molecule has 2 heteroatoms. The van der Waals surface area contributed by atoms with Crippen molar-refractivity contribution in [2.45, 2.75) is 45.1 Å². The van der Waals surface area contributed by atoms with E-state index in [9.17, 15) is 5.11 Å². The lowest BCUT2D eigenvalue weighted by molar-refractivity contribution is 0.194. The van der Waals surface area contributed by atoms with Crippen LogP contribution in [-0.2, 0) is 4.74 Å². The third kappa shape index (κ3) is 4.32. The Balaban J connectivity index is 2.19. The number of rotatable bonds is 6. The van der Waals surface area contributed by atoms with Crippen LogP contribution >= 0.6 is 0 Å². The van der Waals surface area contributed by atoms with E-state index in [-0.39, 0.29) is 6.10 Å². The summed E-state index contributed by atoms with van der Waals surface area (Å²) in [4.78, 5) is 0. The Labute approximate surface area is 80.6 Å². The van der Waals surface area contributed by atoms with Crippen molar-refractivity contribution in [3.8, 4) is 0 Å². The van der Waals surface area contributed by atoms with Crippen LogP contribution in [0, 0.1) is 5.92 Å². The van der Waals surface area contributed by atoms with Gasteiger partial charge in [0.2, 0.25) is 0 Å². The first-order chi connectivity index (χ1) is 6.26. The number of aliphatic hydroxyl groups excluding tert-OH is 1. The Morgan fingerprint density at radius 2 is 2.31 bits per heavy atom. The first-order valence-corrected chi connectivity index (χ1v) is 5.19. The van der Waals surface area contributed by atoms with Crippen LogP contribution in [0.5, 0.6) is 0 Å². The fourth-order valence-corrected chi connectivity index (χ4v) is 1.44. The van der Waals surface area contributed by atoms with Gasteiger partial charge in [-0.05, 0) is 24.8 Å². The zero-order valence-electron chi connectivity index (χ0n) is 8.62. The summed E-state index contributed by atoms with van der Waals surface area (Å²) < 4.78 is 5.09. The summed E-state index contributed by atoms with van der Waals surface area (Å²) in [5.41, 5.74) is 0. The molecule has 0 aromatic rings. The SMILES string of the molecule is CCC(=CC(O)CCC1CC1)OC. The van der Waals surface area contributed by atoms with Crippen molar-refractivity contribution in [1.82, 2.24) is 0 Å². The van der Waals surface area contributed by atoms with Crippen molar-refractivity contribution in [3.63, 3.8) is 0 Å². The molecule has 0 aromatic carbocycles. The van der Waals surface area contributed by atoms with Crippen molar-refractivity contribution >= 4 is 0 Å². The van der Waals surface area contributed by atoms with Crippen LogP contribution in [-0.4, -0.2) is 18.3 Å². The van der Waals surface area contributed by atoms with Gasteiger partial charge in [0.1, 0.15) is 0 Å². The molecule has 1 fully saturated rings. The van der Waals surface area contributed by atoms with Crippen molar-refractivity contribution in [2.75, 3.05) is 7.11 Å². The zero-order valence-corrected chi connectivity index (χ0v) is 8.62. The van der Waals surface area contributed by atoms with Gasteiger partial charge in [-0.3, -0.25) is 0 Å². The number of methoxy groups -OCH3 is 1. The lowest BCUT2D eigenvalue weighted by Crippen LogP contribution is -2.04. The van der Waals surface area contributed by atoms with E-state index >= 15 is 0 Å². The molecule has 0 saturated heterocycles. The molecule has 1 aliphatic carbocycles. The quantitative estimate of drug-likeness (QED) is 0.643. The van der Waals surface area contributed by atoms with Gasteiger partial charge in [-0.25, -0.2) is 0 Å². The van der Waals surface area contributed by atoms with Gasteiger partial charge in [0.05, 0.1) is 19.0 Å². The Morgan fingerprint density at radius 1 is 1.62 bits per heavy atom. The topological polar surface area (TPSA) is 29.5 Å². The summed E-state index contributed by atoms with van der Waals surface area (Å²) in [6, 6.07) is 0. The van der Waals surface area contributed by atoms with Gasteiger partial charge in [0.15, 0.2) is 0 Å². The predicted octanol–water partition coefficient (Wildman–Crippen LogP) is 2.48. The van der Waals surface area contributed by atoms with Gasteiger partial charge >= 0.3 is 0 Å². The van der Waals surface area contributed by atoms with E-state index in [1.165, 1.54) is 19.3 Å².